The molecule has 0 spiro atoms. The first-order chi connectivity index (χ1) is 14.7. The number of para-hydroxylation sites is 2. The van der Waals surface area contributed by atoms with Gasteiger partial charge in [0.1, 0.15) is 5.75 Å². The fourth-order valence-corrected chi connectivity index (χ4v) is 4.32. The van der Waals surface area contributed by atoms with E-state index in [1.165, 1.54) is 44.0 Å². The van der Waals surface area contributed by atoms with Gasteiger partial charge < -0.3 is 10.1 Å². The van der Waals surface area contributed by atoms with E-state index in [2.05, 4.69) is 19.2 Å². The number of carbonyl (C=O) groups excluding carboxylic acids is 1. The van der Waals surface area contributed by atoms with Crippen molar-refractivity contribution in [2.75, 3.05) is 23.8 Å². The van der Waals surface area contributed by atoms with Crippen LogP contribution in [-0.2, 0) is 10.0 Å². The van der Waals surface area contributed by atoms with Gasteiger partial charge in [-0.1, -0.05) is 38.1 Å². The van der Waals surface area contributed by atoms with Gasteiger partial charge in [-0.15, -0.1) is 0 Å². The first kappa shape index (κ1) is 22.4. The number of methoxy groups -OCH3 is 1. The van der Waals surface area contributed by atoms with E-state index in [0.717, 1.165) is 4.31 Å². The van der Waals surface area contributed by atoms with Gasteiger partial charge in [-0.05, 0) is 60.0 Å². The summed E-state index contributed by atoms with van der Waals surface area (Å²) < 4.78 is 32.5. The number of ether oxygens (including phenoxy) is 1. The monoisotopic (exact) mass is 438 g/mol. The fourth-order valence-electron chi connectivity index (χ4n) is 3.11. The third-order valence-corrected chi connectivity index (χ3v) is 6.82. The third-order valence-electron chi connectivity index (χ3n) is 5.03. The molecule has 1 amide bonds. The highest BCUT2D eigenvalue weighted by Crippen LogP contribution is 2.31. The molecule has 0 saturated carbocycles. The first-order valence-electron chi connectivity index (χ1n) is 9.87. The Morgan fingerprint density at radius 1 is 0.935 bits per heavy atom. The number of hydrogen-bond donors (Lipinski definition) is 1. The van der Waals surface area contributed by atoms with Crippen molar-refractivity contribution >= 4 is 27.3 Å². The maximum atomic E-state index is 13.0. The smallest absolute Gasteiger partial charge is 0.264 e. The van der Waals surface area contributed by atoms with Crippen LogP contribution in [0.25, 0.3) is 0 Å². The van der Waals surface area contributed by atoms with Gasteiger partial charge in [-0.3, -0.25) is 9.10 Å². The summed E-state index contributed by atoms with van der Waals surface area (Å²) in [6, 6.07) is 20.4. The number of nitrogens with one attached hydrogen (secondary N) is 1. The number of hydrogen-bond acceptors (Lipinski definition) is 4. The van der Waals surface area contributed by atoms with Gasteiger partial charge in [0.15, 0.2) is 0 Å². The van der Waals surface area contributed by atoms with E-state index in [-0.39, 0.29) is 10.8 Å². The van der Waals surface area contributed by atoms with Gasteiger partial charge in [0.2, 0.25) is 0 Å². The summed E-state index contributed by atoms with van der Waals surface area (Å²) in [7, 11) is -0.861. The number of anilines is 2. The van der Waals surface area contributed by atoms with Crippen LogP contribution in [0.15, 0.2) is 77.7 Å². The van der Waals surface area contributed by atoms with E-state index in [0.29, 0.717) is 28.6 Å². The molecule has 3 aromatic carbocycles. The zero-order valence-electron chi connectivity index (χ0n) is 18.0. The molecule has 31 heavy (non-hydrogen) atoms. The lowest BCUT2D eigenvalue weighted by atomic mass is 10.0. The topological polar surface area (TPSA) is 75.7 Å². The van der Waals surface area contributed by atoms with Gasteiger partial charge in [0, 0.05) is 18.3 Å². The van der Waals surface area contributed by atoms with Gasteiger partial charge in [-0.25, -0.2) is 8.42 Å². The van der Waals surface area contributed by atoms with Crippen LogP contribution in [0.2, 0.25) is 0 Å². The number of benzene rings is 3. The van der Waals surface area contributed by atoms with Crippen molar-refractivity contribution in [3.63, 3.8) is 0 Å². The maximum Gasteiger partial charge on any atom is 0.264 e. The number of sulfonamides is 1. The lowest BCUT2D eigenvalue weighted by Crippen LogP contribution is -2.27. The summed E-state index contributed by atoms with van der Waals surface area (Å²) in [5.74, 6) is 0.556. The molecule has 0 radical (unpaired) electrons. The third kappa shape index (κ3) is 4.88. The number of carbonyl (C=O) groups is 1. The SMILES string of the molecule is COc1ccccc1N(C)S(=O)(=O)c1ccc(C(=O)Nc2ccc(C(C)C)cc2)cc1. The second-order valence-corrected chi connectivity index (χ2v) is 9.37. The van der Waals surface area contributed by atoms with Crippen molar-refractivity contribution in [2.24, 2.45) is 0 Å². The minimum Gasteiger partial charge on any atom is -0.495 e. The zero-order valence-corrected chi connectivity index (χ0v) is 18.8. The van der Waals surface area contributed by atoms with Crippen molar-refractivity contribution in [1.82, 2.24) is 0 Å². The summed E-state index contributed by atoms with van der Waals surface area (Å²) in [5, 5.41) is 2.83. The van der Waals surface area contributed by atoms with Crippen LogP contribution in [-0.4, -0.2) is 28.5 Å². The van der Waals surface area contributed by atoms with Crippen molar-refractivity contribution in [2.45, 2.75) is 24.7 Å². The molecule has 0 unspecified atom stereocenters. The van der Waals surface area contributed by atoms with E-state index in [1.807, 2.05) is 24.3 Å². The Hall–Kier alpha value is -3.32. The van der Waals surface area contributed by atoms with Crippen LogP contribution in [0.4, 0.5) is 11.4 Å². The molecule has 0 aliphatic rings. The minimum atomic E-state index is -3.82. The minimum absolute atomic E-state index is 0.0822. The van der Waals surface area contributed by atoms with Crippen molar-refractivity contribution in [1.29, 1.82) is 0 Å². The Kier molecular flexibility index (Phi) is 6.65. The van der Waals surface area contributed by atoms with Crippen LogP contribution >= 0.6 is 0 Å². The molecule has 0 bridgehead atoms. The lowest BCUT2D eigenvalue weighted by Gasteiger charge is -2.21. The predicted octanol–water partition coefficient (Wildman–Crippen LogP) is 4.90. The normalized spacial score (nSPS) is 11.3. The number of rotatable bonds is 7. The van der Waals surface area contributed by atoms with E-state index >= 15 is 0 Å². The van der Waals surface area contributed by atoms with E-state index < -0.39 is 10.0 Å². The fraction of sp³-hybridized carbons (Fsp3) is 0.208. The summed E-state index contributed by atoms with van der Waals surface area (Å²) in [5.41, 5.74) is 2.66. The number of nitrogens with zero attached hydrogens (tertiary/aromatic N) is 1. The van der Waals surface area contributed by atoms with Crippen LogP contribution in [0, 0.1) is 0 Å². The first-order valence-corrected chi connectivity index (χ1v) is 11.3. The van der Waals surface area contributed by atoms with E-state index in [4.69, 9.17) is 4.74 Å². The molecule has 6 nitrogen and oxygen atoms in total. The highest BCUT2D eigenvalue weighted by Gasteiger charge is 2.24. The maximum absolute atomic E-state index is 13.0. The largest absolute Gasteiger partial charge is 0.495 e. The molecule has 1 N–H and O–H groups in total. The lowest BCUT2D eigenvalue weighted by molar-refractivity contribution is 0.102. The zero-order chi connectivity index (χ0) is 22.6. The molecule has 0 heterocycles. The van der Waals surface area contributed by atoms with Crippen LogP contribution in [0.3, 0.4) is 0 Å². The summed E-state index contributed by atoms with van der Waals surface area (Å²) in [4.78, 5) is 12.6. The van der Waals surface area contributed by atoms with Crippen molar-refractivity contribution in [3.8, 4) is 5.75 Å². The van der Waals surface area contributed by atoms with Gasteiger partial charge in [0.25, 0.3) is 15.9 Å². The summed E-state index contributed by atoms with van der Waals surface area (Å²) >= 11 is 0. The molecule has 162 valence electrons. The molecule has 0 aliphatic heterocycles. The molecule has 0 aromatic heterocycles. The predicted molar refractivity (Wildman–Crippen MR) is 124 cm³/mol. The quantitative estimate of drug-likeness (QED) is 0.569. The second kappa shape index (κ2) is 9.22. The van der Waals surface area contributed by atoms with E-state index in [1.54, 1.807) is 24.3 Å². The number of amides is 1. The van der Waals surface area contributed by atoms with Crippen LogP contribution in [0.1, 0.15) is 35.7 Å². The van der Waals surface area contributed by atoms with Crippen molar-refractivity contribution in [3.05, 3.63) is 83.9 Å². The van der Waals surface area contributed by atoms with Crippen molar-refractivity contribution < 1.29 is 17.9 Å². The Bertz CT molecular complexity index is 1150. The molecular weight excluding hydrogens is 412 g/mol. The molecule has 7 heteroatoms. The average molecular weight is 439 g/mol. The molecule has 0 atom stereocenters. The second-order valence-electron chi connectivity index (χ2n) is 7.40. The Morgan fingerprint density at radius 3 is 2.13 bits per heavy atom. The Labute approximate surface area is 183 Å². The Morgan fingerprint density at radius 2 is 1.55 bits per heavy atom. The standard InChI is InChI=1S/C24H26N2O4S/c1-17(2)18-9-13-20(14-10-18)25-24(27)19-11-15-21(16-12-19)31(28,29)26(3)22-7-5-6-8-23(22)30-4/h5-17H,1-4H3,(H,25,27). The molecule has 3 rings (SSSR count). The van der Waals surface area contributed by atoms with Gasteiger partial charge in [0.05, 0.1) is 17.7 Å². The molecule has 3 aromatic rings. The average Bonchev–Trinajstić information content (AvgIpc) is 2.78. The highest BCUT2D eigenvalue weighted by molar-refractivity contribution is 7.92. The molecule has 0 saturated heterocycles. The Balaban J connectivity index is 1.77. The molecule has 0 aliphatic carbocycles. The summed E-state index contributed by atoms with van der Waals surface area (Å²) in [6.07, 6.45) is 0. The molecular formula is C24H26N2O4S. The van der Waals surface area contributed by atoms with Gasteiger partial charge >= 0.3 is 0 Å². The van der Waals surface area contributed by atoms with Gasteiger partial charge in [-0.2, -0.15) is 0 Å². The summed E-state index contributed by atoms with van der Waals surface area (Å²) in [6.45, 7) is 4.21. The molecule has 0 fully saturated rings. The van der Waals surface area contributed by atoms with Crippen LogP contribution < -0.4 is 14.4 Å². The van der Waals surface area contributed by atoms with Crippen LogP contribution in [0.5, 0.6) is 5.75 Å². The highest BCUT2D eigenvalue weighted by atomic mass is 32.2. The van der Waals surface area contributed by atoms with E-state index in [9.17, 15) is 13.2 Å².